The summed E-state index contributed by atoms with van der Waals surface area (Å²) >= 11 is 1.60. The van der Waals surface area contributed by atoms with E-state index in [0.29, 0.717) is 0 Å². The van der Waals surface area contributed by atoms with Crippen LogP contribution in [0.15, 0.2) is 27.9 Å². The Kier molecular flexibility index (Phi) is 2.03. The number of hydrogen-bond acceptors (Lipinski definition) is 2. The van der Waals surface area contributed by atoms with Crippen LogP contribution < -0.4 is 0 Å². The average molecular weight is 127 g/mol. The molecule has 0 saturated carbocycles. The molecule has 0 fully saturated rings. The van der Waals surface area contributed by atoms with Crippen molar-refractivity contribution in [3.8, 4) is 0 Å². The first-order valence-electron chi connectivity index (χ1n) is 2.39. The summed E-state index contributed by atoms with van der Waals surface area (Å²) in [7, 11) is 0. The zero-order valence-electron chi connectivity index (χ0n) is 4.46. The van der Waals surface area contributed by atoms with Crippen molar-refractivity contribution in [3.05, 3.63) is 25.3 Å². The Morgan fingerprint density at radius 2 is 2.62 bits per heavy atom. The highest BCUT2D eigenvalue weighted by atomic mass is 32.2. The molecule has 0 aliphatic rings. The second kappa shape index (κ2) is 2.82. The van der Waals surface area contributed by atoms with Gasteiger partial charge in [-0.2, -0.15) is 0 Å². The Morgan fingerprint density at radius 1 is 1.75 bits per heavy atom. The molecule has 0 unspecified atom stereocenters. The third-order valence-electron chi connectivity index (χ3n) is 0.739. The minimum absolute atomic E-state index is 0.827. The normalized spacial score (nSPS) is 9.62. The molecule has 0 saturated heterocycles. The highest BCUT2D eigenvalue weighted by Crippen LogP contribution is 2.16. The van der Waals surface area contributed by atoms with Gasteiger partial charge in [0.2, 0.25) is 0 Å². The Hall–Kier alpha value is -0.370. The van der Waals surface area contributed by atoms with Gasteiger partial charge in [0.1, 0.15) is 0 Å². The molecule has 1 radical (unpaired) electrons. The number of thioether (sulfide) groups is 1. The van der Waals surface area contributed by atoms with Gasteiger partial charge in [-0.15, -0.1) is 0 Å². The van der Waals surface area contributed by atoms with Crippen LogP contribution in [0, 0.1) is 6.92 Å². The van der Waals surface area contributed by atoms with E-state index in [1.165, 1.54) is 0 Å². The van der Waals surface area contributed by atoms with Crippen LogP contribution >= 0.6 is 11.8 Å². The van der Waals surface area contributed by atoms with Gasteiger partial charge in [-0.25, -0.2) is 0 Å². The van der Waals surface area contributed by atoms with Crippen LogP contribution in [0.2, 0.25) is 0 Å². The van der Waals surface area contributed by atoms with E-state index in [9.17, 15) is 0 Å². The minimum Gasteiger partial charge on any atom is -0.458 e. The summed E-state index contributed by atoms with van der Waals surface area (Å²) in [5.41, 5.74) is 0. The van der Waals surface area contributed by atoms with Crippen molar-refractivity contribution < 1.29 is 4.42 Å². The van der Waals surface area contributed by atoms with Crippen molar-refractivity contribution in [2.24, 2.45) is 0 Å². The smallest absolute Gasteiger partial charge is 0.160 e. The van der Waals surface area contributed by atoms with E-state index < -0.39 is 0 Å². The molecular weight excluding hydrogens is 120 g/mol. The Balaban J connectivity index is 2.50. The molecule has 1 aromatic rings. The maximum Gasteiger partial charge on any atom is 0.160 e. The highest BCUT2D eigenvalue weighted by molar-refractivity contribution is 7.99. The van der Waals surface area contributed by atoms with Crippen molar-refractivity contribution in [2.45, 2.75) is 5.09 Å². The van der Waals surface area contributed by atoms with Crippen molar-refractivity contribution in [2.75, 3.05) is 5.75 Å². The lowest BCUT2D eigenvalue weighted by molar-refractivity contribution is 0.475. The third kappa shape index (κ3) is 1.30. The van der Waals surface area contributed by atoms with Gasteiger partial charge in [0.05, 0.1) is 6.26 Å². The maximum atomic E-state index is 5.00. The molecule has 0 amide bonds. The van der Waals surface area contributed by atoms with E-state index in [1.54, 1.807) is 18.0 Å². The van der Waals surface area contributed by atoms with E-state index in [1.807, 2.05) is 12.1 Å². The summed E-state index contributed by atoms with van der Waals surface area (Å²) in [5.74, 6) is 0.827. The van der Waals surface area contributed by atoms with Gasteiger partial charge < -0.3 is 4.42 Å². The zero-order valence-corrected chi connectivity index (χ0v) is 5.28. The Morgan fingerprint density at radius 3 is 3.12 bits per heavy atom. The summed E-state index contributed by atoms with van der Waals surface area (Å²) < 4.78 is 5.00. The van der Waals surface area contributed by atoms with E-state index >= 15 is 0 Å². The lowest BCUT2D eigenvalue weighted by atomic mass is 10.7. The molecule has 1 nitrogen and oxygen atoms in total. The Bertz CT molecular complexity index is 134. The molecule has 2 heteroatoms. The topological polar surface area (TPSA) is 13.1 Å². The molecule has 8 heavy (non-hydrogen) atoms. The first-order chi connectivity index (χ1) is 3.93. The largest absolute Gasteiger partial charge is 0.458 e. The second-order valence-corrected chi connectivity index (χ2v) is 2.38. The standard InChI is InChI=1S/C6H7OS/c1-2-8-6-4-3-5-7-6/h3-5H,1-2H2. The summed E-state index contributed by atoms with van der Waals surface area (Å²) in [5, 5.41) is 0.944. The quantitative estimate of drug-likeness (QED) is 0.565. The summed E-state index contributed by atoms with van der Waals surface area (Å²) in [6.45, 7) is 3.66. The molecule has 1 rings (SSSR count). The molecule has 0 aliphatic carbocycles. The van der Waals surface area contributed by atoms with Crippen LogP contribution in [0.3, 0.4) is 0 Å². The first kappa shape index (κ1) is 5.76. The molecule has 0 spiro atoms. The van der Waals surface area contributed by atoms with Crippen LogP contribution in [-0.2, 0) is 0 Å². The van der Waals surface area contributed by atoms with Crippen LogP contribution in [0.25, 0.3) is 0 Å². The SMILES string of the molecule is [CH2]CSc1ccco1. The van der Waals surface area contributed by atoms with Crippen LogP contribution in [-0.4, -0.2) is 5.75 Å². The monoisotopic (exact) mass is 127 g/mol. The lowest BCUT2D eigenvalue weighted by Gasteiger charge is -1.85. The zero-order chi connectivity index (χ0) is 5.82. The molecule has 1 aromatic heterocycles. The fraction of sp³-hybridized carbons (Fsp3) is 0.167. The second-order valence-electron chi connectivity index (χ2n) is 1.28. The number of rotatable bonds is 2. The van der Waals surface area contributed by atoms with Gasteiger partial charge in [-0.05, 0) is 19.1 Å². The number of hydrogen-bond donors (Lipinski definition) is 0. The van der Waals surface area contributed by atoms with Gasteiger partial charge in [-0.3, -0.25) is 0 Å². The van der Waals surface area contributed by atoms with Crippen molar-refractivity contribution in [3.63, 3.8) is 0 Å². The molecular formula is C6H7OS. The highest BCUT2D eigenvalue weighted by Gasteiger charge is 1.89. The van der Waals surface area contributed by atoms with Gasteiger partial charge in [0.15, 0.2) is 5.09 Å². The Labute approximate surface area is 53.1 Å². The summed E-state index contributed by atoms with van der Waals surface area (Å²) in [4.78, 5) is 0. The molecule has 1 heterocycles. The van der Waals surface area contributed by atoms with Crippen molar-refractivity contribution >= 4 is 11.8 Å². The summed E-state index contributed by atoms with van der Waals surface area (Å²) in [6.07, 6.45) is 1.66. The average Bonchev–Trinajstić information content (AvgIpc) is 2.19. The molecule has 0 aliphatic heterocycles. The lowest BCUT2D eigenvalue weighted by Crippen LogP contribution is -1.62. The molecule has 43 valence electrons. The van der Waals surface area contributed by atoms with Crippen molar-refractivity contribution in [1.82, 2.24) is 0 Å². The van der Waals surface area contributed by atoms with E-state index in [-0.39, 0.29) is 0 Å². The van der Waals surface area contributed by atoms with Crippen LogP contribution in [0.5, 0.6) is 0 Å². The molecule has 0 bridgehead atoms. The maximum absolute atomic E-state index is 5.00. The molecule has 0 atom stereocenters. The van der Waals surface area contributed by atoms with Crippen LogP contribution in [0.4, 0.5) is 0 Å². The summed E-state index contributed by atoms with van der Waals surface area (Å²) in [6, 6.07) is 3.80. The van der Waals surface area contributed by atoms with Crippen LogP contribution in [0.1, 0.15) is 0 Å². The van der Waals surface area contributed by atoms with E-state index in [2.05, 4.69) is 6.92 Å². The third-order valence-corrected chi connectivity index (χ3v) is 1.46. The first-order valence-corrected chi connectivity index (χ1v) is 3.37. The minimum atomic E-state index is 0.827. The fourth-order valence-electron chi connectivity index (χ4n) is 0.446. The van der Waals surface area contributed by atoms with Gasteiger partial charge in [-0.1, -0.05) is 11.8 Å². The molecule has 0 aromatic carbocycles. The van der Waals surface area contributed by atoms with E-state index in [0.717, 1.165) is 10.8 Å². The fourth-order valence-corrected chi connectivity index (χ4v) is 0.946. The predicted octanol–water partition coefficient (Wildman–Crippen LogP) is 2.21. The van der Waals surface area contributed by atoms with Gasteiger partial charge in [0.25, 0.3) is 0 Å². The van der Waals surface area contributed by atoms with E-state index in [4.69, 9.17) is 4.42 Å². The van der Waals surface area contributed by atoms with Gasteiger partial charge in [0, 0.05) is 5.75 Å². The van der Waals surface area contributed by atoms with Crippen molar-refractivity contribution in [1.29, 1.82) is 0 Å². The number of furan rings is 1. The molecule has 0 N–H and O–H groups in total. The van der Waals surface area contributed by atoms with Gasteiger partial charge >= 0.3 is 0 Å². The predicted molar refractivity (Wildman–Crippen MR) is 34.8 cm³/mol.